The fraction of sp³-hybridized carbons (Fsp3) is 0.667. The van der Waals surface area contributed by atoms with Crippen LogP contribution in [-0.2, 0) is 25.0 Å². The van der Waals surface area contributed by atoms with E-state index in [0.717, 1.165) is 8.64 Å². The standard InChI is InChI=1S/C6H12N2S4.O.Zn/c1-7(2)5(9)11-12-6(10)8(3)4;;/h1-4H3;;/q;-2;+2. The van der Waals surface area contributed by atoms with Crippen LogP contribution in [0.15, 0.2) is 0 Å². The van der Waals surface area contributed by atoms with E-state index >= 15 is 0 Å². The largest absolute Gasteiger partial charge is 2.00 e. The average Bonchev–Trinajstić information content (AvgIpc) is 1.98. The van der Waals surface area contributed by atoms with E-state index in [1.165, 1.54) is 21.6 Å². The van der Waals surface area contributed by atoms with E-state index in [-0.39, 0.29) is 25.0 Å². The third-order valence-corrected chi connectivity index (χ3v) is 5.07. The van der Waals surface area contributed by atoms with Crippen molar-refractivity contribution in [1.29, 1.82) is 0 Å². The molecule has 0 atom stereocenters. The van der Waals surface area contributed by atoms with Gasteiger partial charge in [-0.15, -0.1) is 0 Å². The number of nitrogens with zero attached hydrogens (tertiary/aromatic N) is 2. The fourth-order valence-electron chi connectivity index (χ4n) is 0.220. The van der Waals surface area contributed by atoms with E-state index in [0.29, 0.717) is 0 Å². The maximum absolute atomic E-state index is 5.07. The SMILES string of the molecule is CN(C)C(=S)SSC(=S)N(C)C.[O-2].[Zn+2]. The molecule has 0 amide bonds. The first-order valence-electron chi connectivity index (χ1n) is 3.22. The monoisotopic (exact) mass is 320 g/mol. The van der Waals surface area contributed by atoms with Gasteiger partial charge in [-0.05, 0) is 21.6 Å². The van der Waals surface area contributed by atoms with Crippen molar-refractivity contribution in [1.82, 2.24) is 9.80 Å². The molecular formula is C6H12N2OS4Zn. The summed E-state index contributed by atoms with van der Waals surface area (Å²) in [5.74, 6) is 0. The minimum absolute atomic E-state index is 0. The van der Waals surface area contributed by atoms with Crippen LogP contribution in [-0.4, -0.2) is 46.6 Å². The van der Waals surface area contributed by atoms with Crippen molar-refractivity contribution in [3.63, 3.8) is 0 Å². The predicted molar refractivity (Wildman–Crippen MR) is 68.4 cm³/mol. The Labute approximate surface area is 117 Å². The van der Waals surface area contributed by atoms with E-state index in [1.807, 2.05) is 38.0 Å². The van der Waals surface area contributed by atoms with Crippen molar-refractivity contribution in [2.24, 2.45) is 0 Å². The Morgan fingerprint density at radius 2 is 1.07 bits per heavy atom. The molecule has 0 bridgehead atoms. The molecule has 0 aliphatic carbocycles. The van der Waals surface area contributed by atoms with Gasteiger partial charge in [-0.3, -0.25) is 0 Å². The summed E-state index contributed by atoms with van der Waals surface area (Å²) < 4.78 is 1.67. The summed E-state index contributed by atoms with van der Waals surface area (Å²) in [6.45, 7) is 0. The van der Waals surface area contributed by atoms with E-state index in [2.05, 4.69) is 0 Å². The van der Waals surface area contributed by atoms with E-state index in [1.54, 1.807) is 0 Å². The molecule has 78 valence electrons. The molecule has 0 radical (unpaired) electrons. The van der Waals surface area contributed by atoms with Gasteiger partial charge in [-0.25, -0.2) is 0 Å². The second kappa shape index (κ2) is 10.6. The minimum atomic E-state index is 0. The summed E-state index contributed by atoms with van der Waals surface area (Å²) in [5.41, 5.74) is 0. The first-order valence-corrected chi connectivity index (χ1v) is 6.19. The first kappa shape index (κ1) is 20.5. The number of rotatable bonds is 0. The van der Waals surface area contributed by atoms with Crippen LogP contribution >= 0.6 is 46.0 Å². The Balaban J connectivity index is -0.000000605. The Kier molecular flexibility index (Phi) is 15.5. The molecule has 3 nitrogen and oxygen atoms in total. The second-order valence-electron chi connectivity index (χ2n) is 2.49. The Hall–Kier alpha value is 1.06. The summed E-state index contributed by atoms with van der Waals surface area (Å²) in [5, 5.41) is 0. The van der Waals surface area contributed by atoms with Crippen molar-refractivity contribution in [3.05, 3.63) is 0 Å². The van der Waals surface area contributed by atoms with Crippen molar-refractivity contribution < 1.29 is 25.0 Å². The Bertz CT molecular complexity index is 169. The summed E-state index contributed by atoms with van der Waals surface area (Å²) >= 11 is 10.1. The van der Waals surface area contributed by atoms with Crippen molar-refractivity contribution in [2.45, 2.75) is 0 Å². The maximum atomic E-state index is 5.07. The van der Waals surface area contributed by atoms with Gasteiger partial charge in [0.25, 0.3) is 0 Å². The molecule has 0 saturated heterocycles. The van der Waals surface area contributed by atoms with Crippen molar-refractivity contribution >= 4 is 54.7 Å². The molecular weight excluding hydrogens is 310 g/mol. The molecule has 0 unspecified atom stereocenters. The van der Waals surface area contributed by atoms with E-state index in [9.17, 15) is 0 Å². The molecule has 0 aromatic carbocycles. The van der Waals surface area contributed by atoms with Gasteiger partial charge in [0.1, 0.15) is 8.64 Å². The summed E-state index contributed by atoms with van der Waals surface area (Å²) in [7, 11) is 10.7. The average molecular weight is 322 g/mol. The molecule has 0 aromatic heterocycles. The van der Waals surface area contributed by atoms with Gasteiger partial charge in [0, 0.05) is 28.2 Å². The van der Waals surface area contributed by atoms with Crippen LogP contribution < -0.4 is 0 Å². The third kappa shape index (κ3) is 9.61. The molecule has 0 rings (SSSR count). The zero-order valence-corrected chi connectivity index (χ0v) is 14.9. The zero-order valence-electron chi connectivity index (χ0n) is 8.64. The molecule has 0 saturated carbocycles. The number of hydrogen-bond acceptors (Lipinski definition) is 4. The van der Waals surface area contributed by atoms with E-state index < -0.39 is 0 Å². The van der Waals surface area contributed by atoms with Crippen LogP contribution in [0.2, 0.25) is 0 Å². The summed E-state index contributed by atoms with van der Waals surface area (Å²) in [6.07, 6.45) is 0. The van der Waals surface area contributed by atoms with Gasteiger partial charge in [0.05, 0.1) is 0 Å². The van der Waals surface area contributed by atoms with Gasteiger partial charge in [0.2, 0.25) is 0 Å². The van der Waals surface area contributed by atoms with Gasteiger partial charge in [-0.1, -0.05) is 24.4 Å². The van der Waals surface area contributed by atoms with Crippen LogP contribution in [0.4, 0.5) is 0 Å². The van der Waals surface area contributed by atoms with Crippen LogP contribution in [0.25, 0.3) is 0 Å². The molecule has 0 spiro atoms. The van der Waals surface area contributed by atoms with Crippen molar-refractivity contribution in [3.8, 4) is 0 Å². The van der Waals surface area contributed by atoms with E-state index in [4.69, 9.17) is 24.4 Å². The fourth-order valence-corrected chi connectivity index (χ4v) is 2.60. The molecule has 0 aliphatic rings. The molecule has 0 aromatic rings. The topological polar surface area (TPSA) is 35.0 Å². The first-order chi connectivity index (χ1) is 5.45. The second-order valence-corrected chi connectivity index (χ2v) is 5.88. The predicted octanol–water partition coefficient (Wildman–Crippen LogP) is 1.94. The quantitative estimate of drug-likeness (QED) is 0.385. The van der Waals surface area contributed by atoms with Gasteiger partial charge in [0.15, 0.2) is 0 Å². The number of thiocarbonyl (C=S) groups is 2. The van der Waals surface area contributed by atoms with Crippen LogP contribution in [0.5, 0.6) is 0 Å². The molecule has 8 heteroatoms. The van der Waals surface area contributed by atoms with Gasteiger partial charge < -0.3 is 15.3 Å². The molecule has 0 N–H and O–H groups in total. The number of hydrogen-bond donors (Lipinski definition) is 0. The van der Waals surface area contributed by atoms with Gasteiger partial charge in [-0.2, -0.15) is 0 Å². The summed E-state index contributed by atoms with van der Waals surface area (Å²) in [6, 6.07) is 0. The molecule has 0 aliphatic heterocycles. The normalized spacial score (nSPS) is 8.00. The minimum Gasteiger partial charge on any atom is -2.00 e. The Morgan fingerprint density at radius 1 is 0.857 bits per heavy atom. The smallest absolute Gasteiger partial charge is 2.00 e. The maximum Gasteiger partial charge on any atom is 2.00 e. The van der Waals surface area contributed by atoms with Crippen molar-refractivity contribution in [2.75, 3.05) is 28.2 Å². The molecule has 0 fully saturated rings. The van der Waals surface area contributed by atoms with Gasteiger partial charge >= 0.3 is 19.5 Å². The van der Waals surface area contributed by atoms with Crippen LogP contribution in [0.1, 0.15) is 0 Å². The molecule has 14 heavy (non-hydrogen) atoms. The zero-order chi connectivity index (χ0) is 9.72. The Morgan fingerprint density at radius 3 is 1.21 bits per heavy atom. The van der Waals surface area contributed by atoms with Crippen LogP contribution in [0.3, 0.4) is 0 Å². The summed E-state index contributed by atoms with van der Waals surface area (Å²) in [4.78, 5) is 3.79. The van der Waals surface area contributed by atoms with Crippen LogP contribution in [0, 0.1) is 0 Å². The third-order valence-electron chi connectivity index (χ3n) is 0.915. The molecule has 0 heterocycles.